The molecule has 2 N–H and O–H groups in total. The Hall–Kier alpha value is -0.130. The highest BCUT2D eigenvalue weighted by Crippen LogP contribution is 2.26. The van der Waals surface area contributed by atoms with Gasteiger partial charge >= 0.3 is 0 Å². The summed E-state index contributed by atoms with van der Waals surface area (Å²) in [5, 5.41) is 3.05. The van der Waals surface area contributed by atoms with Gasteiger partial charge < -0.3 is 5.32 Å². The minimum absolute atomic E-state index is 0.105. The largest absolute Gasteiger partial charge is 0.313 e. The van der Waals surface area contributed by atoms with E-state index in [1.54, 1.807) is 0 Å². The SMILES string of the molecule is CC(C)NCCNS(=O)(=O)C1CC1. The monoisotopic (exact) mass is 206 g/mol. The fraction of sp³-hybridized carbons (Fsp3) is 1.00. The molecule has 78 valence electrons. The molecular formula is C8H18N2O2S. The Morgan fingerprint density at radius 3 is 2.38 bits per heavy atom. The van der Waals surface area contributed by atoms with Crippen molar-refractivity contribution in [2.45, 2.75) is 38.0 Å². The van der Waals surface area contributed by atoms with Crippen molar-refractivity contribution in [1.29, 1.82) is 0 Å². The highest BCUT2D eigenvalue weighted by molar-refractivity contribution is 7.90. The second-order valence-corrected chi connectivity index (χ2v) is 5.79. The van der Waals surface area contributed by atoms with Crippen LogP contribution in [0.2, 0.25) is 0 Å². The first kappa shape index (κ1) is 10.9. The Bertz CT molecular complexity index is 245. The van der Waals surface area contributed by atoms with Crippen molar-refractivity contribution in [3.8, 4) is 0 Å². The van der Waals surface area contributed by atoms with E-state index in [0.29, 0.717) is 19.1 Å². The van der Waals surface area contributed by atoms with E-state index in [4.69, 9.17) is 0 Å². The fourth-order valence-corrected chi connectivity index (χ4v) is 2.43. The van der Waals surface area contributed by atoms with Gasteiger partial charge in [-0.05, 0) is 12.8 Å². The van der Waals surface area contributed by atoms with Crippen molar-refractivity contribution in [2.24, 2.45) is 0 Å². The normalized spacial score (nSPS) is 18.1. The summed E-state index contributed by atoms with van der Waals surface area (Å²) in [6.45, 7) is 5.27. The summed E-state index contributed by atoms with van der Waals surface area (Å²) in [5.74, 6) is 0. The molecule has 1 fully saturated rings. The van der Waals surface area contributed by atoms with Crippen LogP contribution in [0, 0.1) is 0 Å². The minimum Gasteiger partial charge on any atom is -0.313 e. The number of sulfonamides is 1. The van der Waals surface area contributed by atoms with Crippen LogP contribution in [0.25, 0.3) is 0 Å². The third kappa shape index (κ3) is 4.06. The first-order valence-corrected chi connectivity index (χ1v) is 6.29. The van der Waals surface area contributed by atoms with Gasteiger partial charge in [-0.3, -0.25) is 0 Å². The van der Waals surface area contributed by atoms with Gasteiger partial charge in [-0.15, -0.1) is 0 Å². The van der Waals surface area contributed by atoms with E-state index in [-0.39, 0.29) is 5.25 Å². The molecule has 0 aromatic carbocycles. The molecule has 4 nitrogen and oxygen atoms in total. The van der Waals surface area contributed by atoms with Crippen molar-refractivity contribution >= 4 is 10.0 Å². The molecule has 1 aliphatic carbocycles. The molecule has 0 radical (unpaired) electrons. The Balaban J connectivity index is 2.11. The van der Waals surface area contributed by atoms with Crippen LogP contribution in [0.3, 0.4) is 0 Å². The standard InChI is InChI=1S/C8H18N2O2S/c1-7(2)9-5-6-10-13(11,12)8-3-4-8/h7-10H,3-6H2,1-2H3. The van der Waals surface area contributed by atoms with Gasteiger partial charge in [0.1, 0.15) is 0 Å². The Kier molecular flexibility index (Phi) is 3.70. The van der Waals surface area contributed by atoms with E-state index < -0.39 is 10.0 Å². The fourth-order valence-electron chi connectivity index (χ4n) is 1.05. The number of nitrogens with one attached hydrogen (secondary N) is 2. The van der Waals surface area contributed by atoms with Crippen molar-refractivity contribution < 1.29 is 8.42 Å². The van der Waals surface area contributed by atoms with Gasteiger partial charge in [0.25, 0.3) is 0 Å². The van der Waals surface area contributed by atoms with Crippen LogP contribution in [0.5, 0.6) is 0 Å². The summed E-state index contributed by atoms with van der Waals surface area (Å²) in [6, 6.07) is 0.408. The number of hydrogen-bond acceptors (Lipinski definition) is 3. The first-order chi connectivity index (χ1) is 6.02. The molecule has 0 aromatic rings. The zero-order chi connectivity index (χ0) is 9.90. The van der Waals surface area contributed by atoms with Crippen molar-refractivity contribution in [3.05, 3.63) is 0 Å². The van der Waals surface area contributed by atoms with Gasteiger partial charge in [0.05, 0.1) is 5.25 Å². The maximum Gasteiger partial charge on any atom is 0.214 e. The van der Waals surface area contributed by atoms with Gasteiger partial charge in [-0.2, -0.15) is 0 Å². The lowest BCUT2D eigenvalue weighted by molar-refractivity contribution is 0.559. The van der Waals surface area contributed by atoms with Crippen LogP contribution in [0.4, 0.5) is 0 Å². The molecule has 5 heteroatoms. The second-order valence-electron chi connectivity index (χ2n) is 3.75. The molecule has 0 saturated heterocycles. The molecule has 0 amide bonds. The molecule has 0 heterocycles. The van der Waals surface area contributed by atoms with E-state index in [2.05, 4.69) is 10.0 Å². The van der Waals surface area contributed by atoms with Crippen molar-refractivity contribution in [1.82, 2.24) is 10.0 Å². The predicted octanol–water partition coefficient (Wildman–Crippen LogP) is 0.0662. The van der Waals surface area contributed by atoms with E-state index in [1.807, 2.05) is 13.8 Å². The lowest BCUT2D eigenvalue weighted by atomic mass is 10.4. The molecule has 1 aliphatic rings. The molecule has 1 saturated carbocycles. The van der Waals surface area contributed by atoms with Crippen LogP contribution < -0.4 is 10.0 Å². The summed E-state index contributed by atoms with van der Waals surface area (Å²) < 4.78 is 25.2. The zero-order valence-electron chi connectivity index (χ0n) is 8.21. The Labute approximate surface area is 80.1 Å². The van der Waals surface area contributed by atoms with Crippen LogP contribution in [0.1, 0.15) is 26.7 Å². The minimum atomic E-state index is -2.98. The number of rotatable bonds is 6. The molecule has 0 spiro atoms. The van der Waals surface area contributed by atoms with Crippen LogP contribution in [-0.4, -0.2) is 32.8 Å². The molecule has 13 heavy (non-hydrogen) atoms. The lowest BCUT2D eigenvalue weighted by Gasteiger charge is -2.08. The molecule has 0 unspecified atom stereocenters. The lowest BCUT2D eigenvalue weighted by Crippen LogP contribution is -2.36. The van der Waals surface area contributed by atoms with E-state index in [1.165, 1.54) is 0 Å². The maximum atomic E-state index is 11.3. The van der Waals surface area contributed by atoms with Gasteiger partial charge in [0.15, 0.2) is 0 Å². The topological polar surface area (TPSA) is 58.2 Å². The van der Waals surface area contributed by atoms with Crippen LogP contribution in [0.15, 0.2) is 0 Å². The van der Waals surface area contributed by atoms with Gasteiger partial charge in [0.2, 0.25) is 10.0 Å². The van der Waals surface area contributed by atoms with Crippen molar-refractivity contribution in [3.63, 3.8) is 0 Å². The molecule has 0 atom stereocenters. The van der Waals surface area contributed by atoms with E-state index >= 15 is 0 Å². The van der Waals surface area contributed by atoms with Crippen LogP contribution >= 0.6 is 0 Å². The predicted molar refractivity (Wildman–Crippen MR) is 53.1 cm³/mol. The van der Waals surface area contributed by atoms with Gasteiger partial charge in [-0.25, -0.2) is 13.1 Å². The smallest absolute Gasteiger partial charge is 0.214 e. The average Bonchev–Trinajstić information content (AvgIpc) is 2.79. The molecular weight excluding hydrogens is 188 g/mol. The Morgan fingerprint density at radius 1 is 1.31 bits per heavy atom. The molecule has 1 rings (SSSR count). The van der Waals surface area contributed by atoms with E-state index in [9.17, 15) is 8.42 Å². The van der Waals surface area contributed by atoms with E-state index in [0.717, 1.165) is 12.8 Å². The first-order valence-electron chi connectivity index (χ1n) is 4.74. The van der Waals surface area contributed by atoms with Gasteiger partial charge in [-0.1, -0.05) is 13.8 Å². The highest BCUT2D eigenvalue weighted by atomic mass is 32.2. The zero-order valence-corrected chi connectivity index (χ0v) is 9.02. The molecule has 0 aromatic heterocycles. The highest BCUT2D eigenvalue weighted by Gasteiger charge is 2.34. The molecule has 0 bridgehead atoms. The molecule has 0 aliphatic heterocycles. The third-order valence-corrected chi connectivity index (χ3v) is 3.90. The summed E-state index contributed by atoms with van der Waals surface area (Å²) >= 11 is 0. The number of hydrogen-bond donors (Lipinski definition) is 2. The summed E-state index contributed by atoms with van der Waals surface area (Å²) in [6.07, 6.45) is 1.65. The summed E-state index contributed by atoms with van der Waals surface area (Å²) in [4.78, 5) is 0. The van der Waals surface area contributed by atoms with Crippen LogP contribution in [-0.2, 0) is 10.0 Å². The van der Waals surface area contributed by atoms with Gasteiger partial charge in [0, 0.05) is 19.1 Å². The summed E-state index contributed by atoms with van der Waals surface area (Å²) in [5.41, 5.74) is 0. The third-order valence-electron chi connectivity index (χ3n) is 1.94. The average molecular weight is 206 g/mol. The Morgan fingerprint density at radius 2 is 1.92 bits per heavy atom. The quantitative estimate of drug-likeness (QED) is 0.604. The maximum absolute atomic E-state index is 11.3. The summed E-state index contributed by atoms with van der Waals surface area (Å²) in [7, 11) is -2.98. The second kappa shape index (κ2) is 4.39. The van der Waals surface area contributed by atoms with Crippen molar-refractivity contribution in [2.75, 3.05) is 13.1 Å².